The maximum absolute atomic E-state index is 5.68. The van der Waals surface area contributed by atoms with Crippen LogP contribution in [0.4, 0.5) is 0 Å². The summed E-state index contributed by atoms with van der Waals surface area (Å²) in [5, 5.41) is 0. The summed E-state index contributed by atoms with van der Waals surface area (Å²) in [6, 6.07) is 4.07. The molecule has 0 spiro atoms. The minimum atomic E-state index is 0.872. The third-order valence-corrected chi connectivity index (χ3v) is 2.07. The van der Waals surface area contributed by atoms with Gasteiger partial charge in [0, 0.05) is 0 Å². The molecular weight excluding hydrogens is 131 g/mol. The molecule has 0 amide bonds. The number of hydrogen-bond acceptors (Lipinski definition) is 0. The third kappa shape index (κ3) is 1.65. The predicted octanol–water partition coefficient (Wildman–Crippen LogP) is 1.66. The monoisotopic (exact) mass is 144 g/mol. The Bertz CT molecular complexity index is 241. The first kappa shape index (κ1) is 8.38. The molecule has 0 atom stereocenters. The Morgan fingerprint density at radius 3 is 2.00 bits per heavy atom. The molecule has 0 bridgehead atoms. The zero-order valence-corrected chi connectivity index (χ0v) is 7.44. The summed E-state index contributed by atoms with van der Waals surface area (Å²) in [4.78, 5) is 0. The summed E-state index contributed by atoms with van der Waals surface area (Å²) in [6.45, 7) is 6.40. The van der Waals surface area contributed by atoms with Gasteiger partial charge in [-0.25, -0.2) is 0 Å². The second kappa shape index (κ2) is 3.12. The summed E-state index contributed by atoms with van der Waals surface area (Å²) >= 11 is 0. The molecule has 0 fully saturated rings. The molecule has 11 heavy (non-hydrogen) atoms. The molecule has 0 nitrogen and oxygen atoms in total. The average molecular weight is 144 g/mol. The SMILES string of the molecule is [B]c1cc(C)c(CC)c(C)c1. The number of aryl methyl sites for hydroxylation is 2. The lowest BCUT2D eigenvalue weighted by molar-refractivity contribution is 1.08. The smallest absolute Gasteiger partial charge is 0.0961 e. The van der Waals surface area contributed by atoms with Crippen LogP contribution in [0.25, 0.3) is 0 Å². The van der Waals surface area contributed by atoms with Gasteiger partial charge in [0.15, 0.2) is 0 Å². The van der Waals surface area contributed by atoms with E-state index >= 15 is 0 Å². The Kier molecular flexibility index (Phi) is 2.38. The number of rotatable bonds is 1. The maximum atomic E-state index is 5.68. The van der Waals surface area contributed by atoms with Crippen LogP contribution < -0.4 is 5.46 Å². The van der Waals surface area contributed by atoms with Gasteiger partial charge in [-0.2, -0.15) is 0 Å². The van der Waals surface area contributed by atoms with E-state index in [9.17, 15) is 0 Å². The lowest BCUT2D eigenvalue weighted by Gasteiger charge is -2.08. The van der Waals surface area contributed by atoms with Crippen LogP contribution in [0.1, 0.15) is 23.6 Å². The fourth-order valence-electron chi connectivity index (χ4n) is 1.58. The Morgan fingerprint density at radius 1 is 1.18 bits per heavy atom. The van der Waals surface area contributed by atoms with E-state index in [-0.39, 0.29) is 0 Å². The van der Waals surface area contributed by atoms with Gasteiger partial charge >= 0.3 is 0 Å². The first-order valence-electron chi connectivity index (χ1n) is 4.00. The summed E-state index contributed by atoms with van der Waals surface area (Å²) in [5.74, 6) is 0. The second-order valence-corrected chi connectivity index (χ2v) is 2.99. The molecule has 0 saturated heterocycles. The van der Waals surface area contributed by atoms with Gasteiger partial charge in [0.2, 0.25) is 0 Å². The lowest BCUT2D eigenvalue weighted by atomic mass is 9.89. The highest BCUT2D eigenvalue weighted by molar-refractivity contribution is 6.32. The largest absolute Gasteiger partial charge is 0.113 e. The van der Waals surface area contributed by atoms with Crippen LogP contribution >= 0.6 is 0 Å². The van der Waals surface area contributed by atoms with Gasteiger partial charge in [0.1, 0.15) is 7.85 Å². The molecule has 0 unspecified atom stereocenters. The topological polar surface area (TPSA) is 0 Å². The van der Waals surface area contributed by atoms with Gasteiger partial charge in [0.25, 0.3) is 0 Å². The van der Waals surface area contributed by atoms with E-state index in [1.165, 1.54) is 16.7 Å². The highest BCUT2D eigenvalue weighted by Gasteiger charge is 1.99. The lowest BCUT2D eigenvalue weighted by Crippen LogP contribution is -2.06. The molecule has 2 radical (unpaired) electrons. The van der Waals surface area contributed by atoms with Gasteiger partial charge in [-0.1, -0.05) is 24.5 Å². The van der Waals surface area contributed by atoms with E-state index in [2.05, 4.69) is 20.8 Å². The van der Waals surface area contributed by atoms with Crippen molar-refractivity contribution >= 4 is 13.3 Å². The van der Waals surface area contributed by atoms with Crippen LogP contribution in [-0.2, 0) is 6.42 Å². The van der Waals surface area contributed by atoms with Gasteiger partial charge < -0.3 is 0 Å². The molecule has 0 aliphatic rings. The Hall–Kier alpha value is -0.715. The molecule has 0 aromatic heterocycles. The molecule has 0 saturated carbocycles. The van der Waals surface area contributed by atoms with Crippen molar-refractivity contribution in [2.45, 2.75) is 27.2 Å². The molecule has 0 heterocycles. The van der Waals surface area contributed by atoms with Crippen LogP contribution in [0, 0.1) is 13.8 Å². The summed E-state index contributed by atoms with van der Waals surface area (Å²) < 4.78 is 0. The average Bonchev–Trinajstić information content (AvgIpc) is 1.85. The van der Waals surface area contributed by atoms with Crippen LogP contribution in [0.3, 0.4) is 0 Å². The van der Waals surface area contributed by atoms with Gasteiger partial charge in [-0.3, -0.25) is 0 Å². The van der Waals surface area contributed by atoms with Crippen molar-refractivity contribution in [3.8, 4) is 0 Å². The van der Waals surface area contributed by atoms with Gasteiger partial charge in [-0.15, -0.1) is 0 Å². The molecule has 1 rings (SSSR count). The van der Waals surface area contributed by atoms with Crippen LogP contribution in [0.2, 0.25) is 0 Å². The van der Waals surface area contributed by atoms with E-state index in [1.54, 1.807) is 0 Å². The van der Waals surface area contributed by atoms with Crippen LogP contribution in [-0.4, -0.2) is 7.85 Å². The normalized spacial score (nSPS) is 10.1. The Labute approximate surface area is 70.0 Å². The predicted molar refractivity (Wildman–Crippen MR) is 50.7 cm³/mol. The minimum Gasteiger partial charge on any atom is -0.0961 e. The van der Waals surface area contributed by atoms with E-state index in [0.717, 1.165) is 11.9 Å². The fraction of sp³-hybridized carbons (Fsp3) is 0.400. The standard InChI is InChI=1S/C10H13B/c1-4-10-7(2)5-9(11)6-8(10)3/h5-6H,4H2,1-3H3. The molecule has 0 aliphatic carbocycles. The van der Waals surface area contributed by atoms with Crippen molar-refractivity contribution in [3.63, 3.8) is 0 Å². The first-order chi connectivity index (χ1) is 5.15. The van der Waals surface area contributed by atoms with Crippen molar-refractivity contribution < 1.29 is 0 Å². The Morgan fingerprint density at radius 2 is 1.64 bits per heavy atom. The molecule has 0 aliphatic heterocycles. The highest BCUT2D eigenvalue weighted by atomic mass is 14.0. The van der Waals surface area contributed by atoms with Crippen molar-refractivity contribution in [2.75, 3.05) is 0 Å². The summed E-state index contributed by atoms with van der Waals surface area (Å²) in [5.41, 5.74) is 4.92. The van der Waals surface area contributed by atoms with E-state index in [0.29, 0.717) is 0 Å². The van der Waals surface area contributed by atoms with Crippen molar-refractivity contribution in [3.05, 3.63) is 28.8 Å². The number of hydrogen-bond donors (Lipinski definition) is 0. The van der Waals surface area contributed by atoms with E-state index in [4.69, 9.17) is 7.85 Å². The summed E-state index contributed by atoms with van der Waals surface area (Å²) in [7, 11) is 5.68. The van der Waals surface area contributed by atoms with Gasteiger partial charge in [0.05, 0.1) is 0 Å². The Balaban J connectivity index is 3.25. The zero-order chi connectivity index (χ0) is 8.43. The molecule has 1 heteroatoms. The molecule has 1 aromatic rings. The van der Waals surface area contributed by atoms with Crippen molar-refractivity contribution in [1.82, 2.24) is 0 Å². The van der Waals surface area contributed by atoms with E-state index < -0.39 is 0 Å². The maximum Gasteiger partial charge on any atom is 0.113 e. The third-order valence-electron chi connectivity index (χ3n) is 2.07. The highest BCUT2D eigenvalue weighted by Crippen LogP contribution is 2.11. The van der Waals surface area contributed by atoms with Crippen molar-refractivity contribution in [2.24, 2.45) is 0 Å². The molecule has 1 aromatic carbocycles. The van der Waals surface area contributed by atoms with Crippen molar-refractivity contribution in [1.29, 1.82) is 0 Å². The van der Waals surface area contributed by atoms with Gasteiger partial charge in [-0.05, 0) is 37.0 Å². The molecular formula is C10H13B. The van der Waals surface area contributed by atoms with Crippen LogP contribution in [0.15, 0.2) is 12.1 Å². The second-order valence-electron chi connectivity index (χ2n) is 2.99. The van der Waals surface area contributed by atoms with Crippen LogP contribution in [0.5, 0.6) is 0 Å². The minimum absolute atomic E-state index is 0.872. The zero-order valence-electron chi connectivity index (χ0n) is 7.44. The number of benzene rings is 1. The molecule has 56 valence electrons. The first-order valence-corrected chi connectivity index (χ1v) is 4.00. The molecule has 0 N–H and O–H groups in total. The van der Waals surface area contributed by atoms with E-state index in [1.807, 2.05) is 12.1 Å². The summed E-state index contributed by atoms with van der Waals surface area (Å²) in [6.07, 6.45) is 1.10. The quantitative estimate of drug-likeness (QED) is 0.526. The fourth-order valence-corrected chi connectivity index (χ4v) is 1.58.